The lowest BCUT2D eigenvalue weighted by Gasteiger charge is -2.44. The molecule has 0 aromatic rings. The normalized spacial score (nSPS) is 41.0. The topological polar surface area (TPSA) is 352 Å². The molecule has 8 fully saturated rings. The number of nitrogens with one attached hydrogen (secondary N) is 6. The van der Waals surface area contributed by atoms with Gasteiger partial charge >= 0.3 is 0 Å². The predicted octanol–water partition coefficient (Wildman–Crippen LogP) is 1.82. The summed E-state index contributed by atoms with van der Waals surface area (Å²) in [6.45, 7) is 5.10. The Kier molecular flexibility index (Phi) is 18.5. The maximum Gasteiger partial charge on any atom is 0.268 e. The Morgan fingerprint density at radius 1 is 0.471 bits per heavy atom. The third-order valence-electron chi connectivity index (χ3n) is 16.8. The van der Waals surface area contributed by atoms with Crippen LogP contribution >= 0.6 is 0 Å². The summed E-state index contributed by atoms with van der Waals surface area (Å²) in [5, 5.41) is 35.9. The van der Waals surface area contributed by atoms with E-state index in [4.69, 9.17) is 4.74 Å². The van der Waals surface area contributed by atoms with Crippen molar-refractivity contribution in [1.82, 2.24) is 36.8 Å². The van der Waals surface area contributed by atoms with Gasteiger partial charge in [-0.05, 0) is 146 Å². The van der Waals surface area contributed by atoms with Gasteiger partial charge in [-0.3, -0.25) is 55.0 Å². The fraction of sp³-hybridized carbons (Fsp3) is 1.00. The second kappa shape index (κ2) is 23.6. The molecule has 2 aliphatic heterocycles. The van der Waals surface area contributed by atoms with Crippen molar-refractivity contribution in [3.05, 3.63) is 0 Å². The molecule has 10 N–H and O–H groups in total. The molecule has 6 saturated carbocycles. The van der Waals surface area contributed by atoms with Gasteiger partial charge in [-0.25, -0.2) is 0 Å². The molecule has 12 atom stereocenters. The molecule has 2 saturated heterocycles. The fourth-order valence-electron chi connectivity index (χ4n) is 13.3. The number of rotatable bonds is 17. The molecule has 6 aliphatic carbocycles. The highest BCUT2D eigenvalue weighted by atomic mass is 32.2. The average Bonchev–Trinajstić information content (AvgIpc) is 3.30. The van der Waals surface area contributed by atoms with Crippen LogP contribution < -0.4 is 31.9 Å². The number of azo groups is 2. The van der Waals surface area contributed by atoms with Gasteiger partial charge in [0.1, 0.15) is 18.9 Å². The standard InChI is InChI=1S/C42H77N11O13S4/c54-67(55,56)36-6-1-4-32-34(36)22-30(24-38(32)69(60,61)62)51-49-28-12-8-26(9-13-28)44-41-46-40(43-16-3-17-53-18-20-66-21-19-53)47-42(48-41)45-27-10-14-29(15-11-27)50-52-31-23-35-33(39(25-31)70(63,64)65)5-2-7-37(35)68(57,58)59/h26-48H,1-25H2,(H,54,55,56)(H,57,58,59)(H,60,61,62)(H,63,64,65). The molecule has 24 nitrogen and oxygen atoms in total. The van der Waals surface area contributed by atoms with Crippen molar-refractivity contribution >= 4 is 40.5 Å². The molecule has 0 aromatic carbocycles. The highest BCUT2D eigenvalue weighted by molar-refractivity contribution is 7.87. The molecule has 28 heteroatoms. The number of morpholine rings is 1. The Labute approximate surface area is 413 Å². The second-order valence-corrected chi connectivity index (χ2v) is 27.9. The van der Waals surface area contributed by atoms with Crippen LogP contribution in [0.25, 0.3) is 0 Å². The number of hydrogen-bond donors (Lipinski definition) is 10. The maximum absolute atomic E-state index is 12.5. The monoisotopic (exact) mass is 1070 g/mol. The Morgan fingerprint density at radius 3 is 1.29 bits per heavy atom. The van der Waals surface area contributed by atoms with Gasteiger partial charge in [-0.15, -0.1) is 0 Å². The van der Waals surface area contributed by atoms with Crippen molar-refractivity contribution < 1.29 is 56.6 Å². The van der Waals surface area contributed by atoms with E-state index in [0.29, 0.717) is 25.7 Å². The van der Waals surface area contributed by atoms with Crippen molar-refractivity contribution in [2.24, 2.45) is 44.1 Å². The lowest BCUT2D eigenvalue weighted by Crippen LogP contribution is -2.78. The lowest BCUT2D eigenvalue weighted by atomic mass is 9.69. The lowest BCUT2D eigenvalue weighted by molar-refractivity contribution is 0.0369. The van der Waals surface area contributed by atoms with Gasteiger partial charge in [0.25, 0.3) is 40.5 Å². The van der Waals surface area contributed by atoms with Gasteiger partial charge in [-0.2, -0.15) is 54.1 Å². The third-order valence-corrected chi connectivity index (χ3v) is 22.1. The van der Waals surface area contributed by atoms with E-state index in [2.05, 4.69) is 57.3 Å². The smallest absolute Gasteiger partial charge is 0.268 e. The first-order valence-electron chi connectivity index (χ1n) is 25.7. The van der Waals surface area contributed by atoms with E-state index in [0.717, 1.165) is 97.2 Å². The quantitative estimate of drug-likeness (QED) is 0.0564. The molecule has 12 unspecified atom stereocenters. The van der Waals surface area contributed by atoms with E-state index in [-0.39, 0.29) is 81.6 Å². The minimum atomic E-state index is -4.48. The van der Waals surface area contributed by atoms with Crippen LogP contribution in [0.5, 0.6) is 0 Å². The highest BCUT2D eigenvalue weighted by Crippen LogP contribution is 2.48. The number of nitrogens with zero attached hydrogens (tertiary/aromatic N) is 5. The summed E-state index contributed by atoms with van der Waals surface area (Å²) in [5.41, 5.74) is 0. The minimum absolute atomic E-state index is 0.0591. The molecule has 0 aromatic heterocycles. The first kappa shape index (κ1) is 54.8. The average molecular weight is 1070 g/mol. The van der Waals surface area contributed by atoms with Crippen molar-refractivity contribution in [3.63, 3.8) is 0 Å². The van der Waals surface area contributed by atoms with Crippen LogP contribution in [-0.2, 0) is 45.2 Å². The first-order valence-corrected chi connectivity index (χ1v) is 31.7. The van der Waals surface area contributed by atoms with E-state index < -0.39 is 97.2 Å². The number of ether oxygens (including phenoxy) is 1. The van der Waals surface area contributed by atoms with Crippen LogP contribution in [0.15, 0.2) is 20.5 Å². The van der Waals surface area contributed by atoms with Crippen molar-refractivity contribution in [2.75, 3.05) is 39.4 Å². The molecule has 70 heavy (non-hydrogen) atoms. The van der Waals surface area contributed by atoms with Gasteiger partial charge in [0.2, 0.25) is 0 Å². The number of fused-ring (bicyclic) bond motifs is 2. The van der Waals surface area contributed by atoms with Crippen molar-refractivity contribution in [2.45, 2.75) is 198 Å². The molecule has 0 amide bonds. The Morgan fingerprint density at radius 2 is 0.871 bits per heavy atom. The maximum atomic E-state index is 12.5. The zero-order chi connectivity index (χ0) is 49.8. The summed E-state index contributed by atoms with van der Waals surface area (Å²) >= 11 is 0. The van der Waals surface area contributed by atoms with Crippen LogP contribution in [0.3, 0.4) is 0 Å². The van der Waals surface area contributed by atoms with E-state index in [1.54, 1.807) is 0 Å². The molecular formula is C42H77N11O13S4. The van der Waals surface area contributed by atoms with E-state index in [9.17, 15) is 51.9 Å². The van der Waals surface area contributed by atoms with Gasteiger partial charge in [0, 0.05) is 25.2 Å². The van der Waals surface area contributed by atoms with E-state index in [1.165, 1.54) is 0 Å². The highest BCUT2D eigenvalue weighted by Gasteiger charge is 2.52. The Balaban J connectivity index is 0.834. The van der Waals surface area contributed by atoms with E-state index in [1.807, 2.05) is 0 Å². The van der Waals surface area contributed by atoms with Gasteiger partial charge in [0.05, 0.1) is 58.4 Å². The largest absolute Gasteiger partial charge is 0.379 e. The fourth-order valence-corrected chi connectivity index (χ4v) is 18.2. The predicted molar refractivity (Wildman–Crippen MR) is 258 cm³/mol. The summed E-state index contributed by atoms with van der Waals surface area (Å²) < 4.78 is 145. The van der Waals surface area contributed by atoms with Crippen molar-refractivity contribution in [3.8, 4) is 0 Å². The zero-order valence-corrected chi connectivity index (χ0v) is 43.1. The molecule has 2 heterocycles. The zero-order valence-electron chi connectivity index (χ0n) is 39.8. The van der Waals surface area contributed by atoms with Gasteiger partial charge in [-0.1, -0.05) is 12.8 Å². The van der Waals surface area contributed by atoms with Crippen LogP contribution in [0, 0.1) is 23.7 Å². The Hall–Kier alpha value is -1.48. The summed E-state index contributed by atoms with van der Waals surface area (Å²) in [6.07, 6.45) is 9.34. The summed E-state index contributed by atoms with van der Waals surface area (Å²) in [4.78, 5) is 2.41. The molecule has 0 bridgehead atoms. The summed E-state index contributed by atoms with van der Waals surface area (Å²) in [5.74, 6) is -2.40. The van der Waals surface area contributed by atoms with Crippen molar-refractivity contribution in [1.29, 1.82) is 0 Å². The SMILES string of the molecule is O=S(=O)(O)C1CCCC2C1CC(N=NC1CCC(NC3NC(NCCCN4CCOCC4)NC(NC4CCC(N=NC5CC6C(CCCC6S(=O)(=O)O)C(S(=O)(=O)O)C5)CC4)N3)CC1)CC2S(=O)(=O)O. The van der Waals surface area contributed by atoms with Gasteiger partial charge < -0.3 is 4.74 Å². The van der Waals surface area contributed by atoms with Crippen LogP contribution in [0.4, 0.5) is 0 Å². The molecule has 402 valence electrons. The van der Waals surface area contributed by atoms with Crippen LogP contribution in [0.2, 0.25) is 0 Å². The summed E-state index contributed by atoms with van der Waals surface area (Å²) in [6, 6.07) is -1.07. The van der Waals surface area contributed by atoms with Gasteiger partial charge in [0.15, 0.2) is 0 Å². The van der Waals surface area contributed by atoms with Crippen LogP contribution in [0.1, 0.15) is 122 Å². The number of hydrogen-bond acceptors (Lipinski definition) is 20. The molecule has 0 spiro atoms. The molecular weight excluding hydrogens is 995 g/mol. The summed E-state index contributed by atoms with van der Waals surface area (Å²) in [7, 11) is -17.8. The van der Waals surface area contributed by atoms with Crippen LogP contribution in [-0.4, -0.2) is 172 Å². The molecule has 0 radical (unpaired) electrons. The van der Waals surface area contributed by atoms with E-state index >= 15 is 0 Å². The second-order valence-electron chi connectivity index (χ2n) is 21.3. The first-order chi connectivity index (χ1) is 33.2. The minimum Gasteiger partial charge on any atom is -0.379 e. The third kappa shape index (κ3) is 14.7. The molecule has 8 rings (SSSR count). The molecule has 8 aliphatic rings. The Bertz CT molecular complexity index is 2110.